The predicted molar refractivity (Wildman–Crippen MR) is 225 cm³/mol. The van der Waals surface area contributed by atoms with Crippen molar-refractivity contribution in [3.8, 4) is 17.2 Å². The largest absolute Gasteiger partial charge is 0.493 e. The fourth-order valence-electron chi connectivity index (χ4n) is 5.76. The molecule has 0 heterocycles. The lowest BCUT2D eigenvalue weighted by molar-refractivity contribution is -0.152. The Hall–Kier alpha value is -5.71. The summed E-state index contributed by atoms with van der Waals surface area (Å²) in [6.45, 7) is 9.28. The van der Waals surface area contributed by atoms with Crippen LogP contribution in [0.25, 0.3) is 0 Å². The van der Waals surface area contributed by atoms with E-state index in [1.165, 1.54) is 29.8 Å². The molecule has 0 aromatic heterocycles. The number of aliphatic carboxylic acids is 1. The molecule has 1 N–H and O–H groups in total. The summed E-state index contributed by atoms with van der Waals surface area (Å²) in [7, 11) is -0.446. The molecule has 6 aromatic carbocycles. The van der Waals surface area contributed by atoms with Gasteiger partial charge in [0, 0.05) is 12.0 Å². The van der Waals surface area contributed by atoms with Crippen molar-refractivity contribution < 1.29 is 28.9 Å². The van der Waals surface area contributed by atoms with Gasteiger partial charge in [-0.15, -0.1) is 0 Å². The Bertz CT molecular complexity index is 2030. The van der Waals surface area contributed by atoms with Gasteiger partial charge in [-0.05, 0) is 99.4 Å². The van der Waals surface area contributed by atoms with Gasteiger partial charge < -0.3 is 19.3 Å². The van der Waals surface area contributed by atoms with Crippen LogP contribution in [0.15, 0.2) is 158 Å². The van der Waals surface area contributed by atoms with E-state index in [1.807, 2.05) is 68.4 Å². The average Bonchev–Trinajstić information content (AvgIpc) is 3.20. The van der Waals surface area contributed by atoms with Gasteiger partial charge in [-0.3, -0.25) is 4.79 Å². The summed E-state index contributed by atoms with van der Waals surface area (Å²) in [4.78, 5) is 24.5. The number of carboxylic acids is 1. The molecule has 0 bridgehead atoms. The Balaban J connectivity index is 0.000000254. The molecule has 0 saturated heterocycles. The van der Waals surface area contributed by atoms with E-state index in [-0.39, 0.29) is 11.9 Å². The number of carbonyl (C=O) groups is 2. The van der Waals surface area contributed by atoms with E-state index in [0.717, 1.165) is 17.5 Å². The molecule has 0 saturated carbocycles. The van der Waals surface area contributed by atoms with Gasteiger partial charge in [0.05, 0.1) is 18.3 Å². The van der Waals surface area contributed by atoms with Crippen LogP contribution < -0.4 is 30.1 Å². The fraction of sp³-hybridized carbons (Fsp3) is 0.208. The first kappa shape index (κ1) is 40.5. The van der Waals surface area contributed by atoms with Gasteiger partial charge in [0.2, 0.25) is 0 Å². The topological polar surface area (TPSA) is 82.1 Å². The zero-order valence-corrected chi connectivity index (χ0v) is 33.0. The predicted octanol–water partition coefficient (Wildman–Crippen LogP) is 9.71. The van der Waals surface area contributed by atoms with Crippen LogP contribution in [-0.4, -0.2) is 35.2 Å². The fourth-order valence-corrected chi connectivity index (χ4v) is 8.07. The van der Waals surface area contributed by atoms with E-state index >= 15 is 0 Å². The second kappa shape index (κ2) is 19.6. The second-order valence-corrected chi connectivity index (χ2v) is 15.9. The molecule has 1 unspecified atom stereocenters. The van der Waals surface area contributed by atoms with Crippen LogP contribution in [0.1, 0.15) is 61.2 Å². The third kappa shape index (κ3) is 11.4. The number of ketones is 1. The monoisotopic (exact) mass is 752 g/mol. The van der Waals surface area contributed by atoms with Gasteiger partial charge in [0.25, 0.3) is 0 Å². The Morgan fingerprint density at radius 1 is 0.691 bits per heavy atom. The number of carboxylic acid groups (broad SMARTS) is 1. The molecule has 6 nitrogen and oxygen atoms in total. The summed E-state index contributed by atoms with van der Waals surface area (Å²) >= 11 is 0. The number of aryl methyl sites for hydroxylation is 2. The highest BCUT2D eigenvalue weighted by molar-refractivity contribution is 7.79. The van der Waals surface area contributed by atoms with Crippen LogP contribution in [0.4, 0.5) is 0 Å². The number of carbonyl (C=O) groups excluding carboxylic acids is 1. The lowest BCUT2D eigenvalue weighted by Gasteiger charge is -2.23. The van der Waals surface area contributed by atoms with Crippen molar-refractivity contribution in [2.45, 2.75) is 59.2 Å². The molecule has 55 heavy (non-hydrogen) atoms. The second-order valence-electron chi connectivity index (χ2n) is 13.6. The maximum absolute atomic E-state index is 13.2. The van der Waals surface area contributed by atoms with Crippen LogP contribution in [0.3, 0.4) is 0 Å². The van der Waals surface area contributed by atoms with Gasteiger partial charge in [-0.2, -0.15) is 0 Å². The SMILES string of the molecule is CCc1ccc(OC(C)CCOc2ccc(OC(C)(C)C(=O)O)c(C)c2)c(C(=O)c2ccccc2)c1.c1ccc(P(c2ccccc2)c2ccccc2)cc1. The molecule has 282 valence electrons. The third-order valence-corrected chi connectivity index (χ3v) is 11.4. The van der Waals surface area contributed by atoms with Crippen molar-refractivity contribution in [3.05, 3.63) is 180 Å². The number of hydrogen-bond acceptors (Lipinski definition) is 5. The molecule has 7 heteroatoms. The Morgan fingerprint density at radius 3 is 1.69 bits per heavy atom. The van der Waals surface area contributed by atoms with Crippen LogP contribution >= 0.6 is 7.92 Å². The minimum Gasteiger partial charge on any atom is -0.493 e. The molecule has 0 radical (unpaired) electrons. The van der Waals surface area contributed by atoms with E-state index in [0.29, 0.717) is 41.4 Å². The summed E-state index contributed by atoms with van der Waals surface area (Å²) in [5.41, 5.74) is 1.72. The van der Waals surface area contributed by atoms with Gasteiger partial charge in [-0.25, -0.2) is 4.79 Å². The first-order valence-electron chi connectivity index (χ1n) is 18.6. The maximum Gasteiger partial charge on any atom is 0.347 e. The Kier molecular flexibility index (Phi) is 14.4. The van der Waals surface area contributed by atoms with E-state index in [9.17, 15) is 14.7 Å². The number of ether oxygens (including phenoxy) is 3. The minimum absolute atomic E-state index is 0.0618. The molecule has 0 aliphatic carbocycles. The molecular weight excluding hydrogens is 703 g/mol. The van der Waals surface area contributed by atoms with Crippen LogP contribution in [0.2, 0.25) is 0 Å². The van der Waals surface area contributed by atoms with Gasteiger partial charge in [0.1, 0.15) is 17.2 Å². The molecule has 0 spiro atoms. The van der Waals surface area contributed by atoms with E-state index < -0.39 is 19.5 Å². The Morgan fingerprint density at radius 2 is 1.20 bits per heavy atom. The molecule has 0 fully saturated rings. The van der Waals surface area contributed by atoms with Gasteiger partial charge in [0.15, 0.2) is 11.4 Å². The maximum atomic E-state index is 13.2. The molecule has 6 rings (SSSR count). The summed E-state index contributed by atoms with van der Waals surface area (Å²) in [6.07, 6.45) is 1.26. The zero-order valence-electron chi connectivity index (χ0n) is 32.1. The van der Waals surface area contributed by atoms with E-state index in [1.54, 1.807) is 12.1 Å². The smallest absolute Gasteiger partial charge is 0.347 e. The lowest BCUT2D eigenvalue weighted by Crippen LogP contribution is -2.38. The van der Waals surface area contributed by atoms with Crippen molar-refractivity contribution in [1.29, 1.82) is 0 Å². The average molecular weight is 753 g/mol. The van der Waals surface area contributed by atoms with Crippen molar-refractivity contribution in [3.63, 3.8) is 0 Å². The van der Waals surface area contributed by atoms with Crippen molar-refractivity contribution >= 4 is 35.6 Å². The highest BCUT2D eigenvalue weighted by Crippen LogP contribution is 2.32. The number of hydrogen-bond donors (Lipinski definition) is 1. The molecular formula is C48H49O6P. The number of rotatable bonds is 15. The first-order chi connectivity index (χ1) is 26.6. The first-order valence-corrected chi connectivity index (χ1v) is 19.9. The number of benzene rings is 6. The highest BCUT2D eigenvalue weighted by Gasteiger charge is 2.30. The normalized spacial score (nSPS) is 11.5. The molecule has 0 aliphatic rings. The zero-order chi connectivity index (χ0) is 39.2. The minimum atomic E-state index is -1.32. The van der Waals surface area contributed by atoms with E-state index in [2.05, 4.69) is 97.9 Å². The standard InChI is InChI=1S/C30H34O6.C18H15P/c1-6-22-12-14-27(25(19-22)28(31)23-10-8-7-9-11-23)35-21(3)16-17-34-24-13-15-26(20(2)18-24)36-30(4,5)29(32)33;1-4-10-16(11-5-1)19(17-12-6-2-7-13-17)18-14-8-3-9-15-18/h7-15,18-19,21H,6,16-17H2,1-5H3,(H,32,33);1-15H. The molecule has 0 aliphatic heterocycles. The Labute approximate surface area is 326 Å². The molecule has 1 atom stereocenters. The molecule has 6 aromatic rings. The van der Waals surface area contributed by atoms with Crippen molar-refractivity contribution in [1.82, 2.24) is 0 Å². The van der Waals surface area contributed by atoms with E-state index in [4.69, 9.17) is 14.2 Å². The quantitative estimate of drug-likeness (QED) is 0.0832. The summed E-state index contributed by atoms with van der Waals surface area (Å²) in [5, 5.41) is 13.5. The summed E-state index contributed by atoms with van der Waals surface area (Å²) < 4.78 is 17.7. The molecule has 0 amide bonds. The summed E-state index contributed by atoms with van der Waals surface area (Å²) in [5.74, 6) is 0.624. The van der Waals surface area contributed by atoms with Crippen LogP contribution in [0.5, 0.6) is 17.2 Å². The third-order valence-electron chi connectivity index (χ3n) is 8.92. The van der Waals surface area contributed by atoms with Crippen LogP contribution in [0, 0.1) is 6.92 Å². The van der Waals surface area contributed by atoms with Crippen LogP contribution in [-0.2, 0) is 11.2 Å². The summed E-state index contributed by atoms with van der Waals surface area (Å²) in [6, 6.07) is 52.6. The lowest BCUT2D eigenvalue weighted by atomic mass is 9.99. The van der Waals surface area contributed by atoms with Crippen molar-refractivity contribution in [2.75, 3.05) is 6.61 Å². The van der Waals surface area contributed by atoms with Crippen molar-refractivity contribution in [2.24, 2.45) is 0 Å². The van der Waals surface area contributed by atoms with Gasteiger partial charge in [-0.1, -0.05) is 134 Å². The highest BCUT2D eigenvalue weighted by atomic mass is 31.1. The van der Waals surface area contributed by atoms with Gasteiger partial charge >= 0.3 is 5.97 Å².